The number of carbonyl (C=O) groups is 2. The van der Waals surface area contributed by atoms with Crippen LogP contribution in [0.2, 0.25) is 0 Å². The van der Waals surface area contributed by atoms with Gasteiger partial charge in [0.25, 0.3) is 0 Å². The number of esters is 1. The fourth-order valence-electron chi connectivity index (χ4n) is 3.10. The maximum atomic E-state index is 12.1. The van der Waals surface area contributed by atoms with Crippen molar-refractivity contribution in [3.05, 3.63) is 33.4 Å². The van der Waals surface area contributed by atoms with Gasteiger partial charge in [-0.05, 0) is 98.1 Å². The third kappa shape index (κ3) is 9.83. The van der Waals surface area contributed by atoms with Gasteiger partial charge >= 0.3 is 12.1 Å². The minimum Gasteiger partial charge on any atom is -0.467 e. The largest absolute Gasteiger partial charge is 0.467 e. The van der Waals surface area contributed by atoms with E-state index in [-0.39, 0.29) is 5.41 Å². The molecule has 5 nitrogen and oxygen atoms in total. The summed E-state index contributed by atoms with van der Waals surface area (Å²) in [6, 6.07) is 7.94. The van der Waals surface area contributed by atoms with Crippen LogP contribution in [0.5, 0.6) is 0 Å². The monoisotopic (exact) mass is 517 g/mol. The highest BCUT2D eigenvalue weighted by molar-refractivity contribution is 14.1. The number of alkyl carbamates (subject to hydrolysis) is 1. The number of benzene rings is 1. The van der Waals surface area contributed by atoms with Crippen LogP contribution < -0.4 is 5.32 Å². The first-order valence-electron chi connectivity index (χ1n) is 10.2. The van der Waals surface area contributed by atoms with E-state index in [2.05, 4.69) is 72.9 Å². The molecule has 164 valence electrons. The van der Waals surface area contributed by atoms with E-state index < -0.39 is 23.7 Å². The Morgan fingerprint density at radius 3 is 2.31 bits per heavy atom. The fraction of sp³-hybridized carbons (Fsp3) is 0.652. The highest BCUT2D eigenvalue weighted by Gasteiger charge is 2.26. The molecule has 1 aromatic rings. The number of hydrogen-bond donors (Lipinski definition) is 1. The summed E-state index contributed by atoms with van der Waals surface area (Å²) in [5.41, 5.74) is 0.820. The van der Waals surface area contributed by atoms with Gasteiger partial charge in [-0.25, -0.2) is 9.59 Å². The third-order valence-electron chi connectivity index (χ3n) is 4.99. The van der Waals surface area contributed by atoms with Crippen LogP contribution in [0.1, 0.15) is 72.8 Å². The Balaban J connectivity index is 2.58. The molecule has 6 heteroatoms. The average molecular weight is 517 g/mol. The Hall–Kier alpha value is -1.31. The zero-order valence-electron chi connectivity index (χ0n) is 18.8. The van der Waals surface area contributed by atoms with E-state index in [1.54, 1.807) is 20.8 Å². The molecule has 0 saturated carbocycles. The van der Waals surface area contributed by atoms with Crippen LogP contribution in [0.15, 0.2) is 24.3 Å². The van der Waals surface area contributed by atoms with Crippen LogP contribution in [-0.2, 0) is 19.7 Å². The summed E-state index contributed by atoms with van der Waals surface area (Å²) >= 11 is 2.35. The lowest BCUT2D eigenvalue weighted by atomic mass is 9.78. The van der Waals surface area contributed by atoms with Crippen LogP contribution in [0.4, 0.5) is 4.79 Å². The van der Waals surface area contributed by atoms with Gasteiger partial charge in [0.05, 0.1) is 7.11 Å². The van der Waals surface area contributed by atoms with Gasteiger partial charge in [-0.15, -0.1) is 0 Å². The lowest BCUT2D eigenvalue weighted by Gasteiger charge is -2.27. The van der Waals surface area contributed by atoms with Crippen LogP contribution in [0, 0.1) is 9.49 Å². The van der Waals surface area contributed by atoms with Crippen LogP contribution >= 0.6 is 22.6 Å². The van der Waals surface area contributed by atoms with Gasteiger partial charge in [-0.3, -0.25) is 0 Å². The van der Waals surface area contributed by atoms with Gasteiger partial charge in [0.1, 0.15) is 11.6 Å². The fourth-order valence-corrected chi connectivity index (χ4v) is 3.64. The quantitative estimate of drug-likeness (QED) is 0.331. The first-order valence-corrected chi connectivity index (χ1v) is 11.3. The SMILES string of the molecule is COC(=O)C(CCC(C)CCC(C)(C)c1cccc(I)c1)NC(=O)OC(C)(C)C. The lowest BCUT2D eigenvalue weighted by molar-refractivity contribution is -0.143. The zero-order valence-corrected chi connectivity index (χ0v) is 21.0. The number of ether oxygens (including phenoxy) is 2. The van der Waals surface area contributed by atoms with E-state index in [0.29, 0.717) is 12.3 Å². The van der Waals surface area contributed by atoms with Crippen molar-refractivity contribution in [1.82, 2.24) is 5.32 Å². The molecular weight excluding hydrogens is 481 g/mol. The van der Waals surface area contributed by atoms with Gasteiger partial charge in [0.15, 0.2) is 0 Å². The maximum Gasteiger partial charge on any atom is 0.408 e. The zero-order chi connectivity index (χ0) is 22.2. The van der Waals surface area contributed by atoms with Crippen LogP contribution in [0.25, 0.3) is 0 Å². The predicted molar refractivity (Wildman–Crippen MR) is 125 cm³/mol. The van der Waals surface area contributed by atoms with Gasteiger partial charge in [-0.2, -0.15) is 0 Å². The molecule has 1 amide bonds. The van der Waals surface area contributed by atoms with Crippen molar-refractivity contribution < 1.29 is 19.1 Å². The summed E-state index contributed by atoms with van der Waals surface area (Å²) in [5.74, 6) is -0.0214. The summed E-state index contributed by atoms with van der Waals surface area (Å²) in [4.78, 5) is 24.1. The van der Waals surface area contributed by atoms with E-state index in [0.717, 1.165) is 19.3 Å². The first kappa shape index (κ1) is 25.7. The topological polar surface area (TPSA) is 64.6 Å². The molecule has 1 rings (SSSR count). The van der Waals surface area contributed by atoms with Crippen molar-refractivity contribution in [3.63, 3.8) is 0 Å². The average Bonchev–Trinajstić information content (AvgIpc) is 2.61. The first-order chi connectivity index (χ1) is 13.3. The Morgan fingerprint density at radius 1 is 1.10 bits per heavy atom. The molecule has 2 atom stereocenters. The summed E-state index contributed by atoms with van der Waals surface area (Å²) in [6.07, 6.45) is 2.84. The summed E-state index contributed by atoms with van der Waals surface area (Å²) in [6.45, 7) is 12.1. The molecule has 0 bridgehead atoms. The smallest absolute Gasteiger partial charge is 0.408 e. The number of halogens is 1. The van der Waals surface area contributed by atoms with Crippen LogP contribution in [-0.4, -0.2) is 30.8 Å². The van der Waals surface area contributed by atoms with E-state index in [4.69, 9.17) is 9.47 Å². The molecule has 0 fully saturated rings. The number of rotatable bonds is 9. The molecule has 0 aromatic heterocycles. The Labute approximate surface area is 189 Å². The number of hydrogen-bond acceptors (Lipinski definition) is 4. The Kier molecular flexibility index (Phi) is 9.92. The molecule has 2 unspecified atom stereocenters. The highest BCUT2D eigenvalue weighted by Crippen LogP contribution is 2.31. The molecule has 0 radical (unpaired) electrons. The highest BCUT2D eigenvalue weighted by atomic mass is 127. The van der Waals surface area contributed by atoms with Gasteiger partial charge in [0.2, 0.25) is 0 Å². The molecule has 0 saturated heterocycles. The summed E-state index contributed by atoms with van der Waals surface area (Å²) < 4.78 is 11.4. The Morgan fingerprint density at radius 2 is 1.76 bits per heavy atom. The molecule has 1 aromatic carbocycles. The molecule has 1 N–H and O–H groups in total. The second kappa shape index (κ2) is 11.2. The molecule has 0 spiro atoms. The minimum absolute atomic E-state index is 0.0892. The third-order valence-corrected chi connectivity index (χ3v) is 5.66. The summed E-state index contributed by atoms with van der Waals surface area (Å²) in [7, 11) is 1.33. The van der Waals surface area contributed by atoms with Gasteiger partial charge in [-0.1, -0.05) is 32.9 Å². The number of methoxy groups -OCH3 is 1. The molecule has 29 heavy (non-hydrogen) atoms. The molecule has 0 aliphatic rings. The van der Waals surface area contributed by atoms with Gasteiger partial charge < -0.3 is 14.8 Å². The van der Waals surface area contributed by atoms with Crippen molar-refractivity contribution in [2.75, 3.05) is 7.11 Å². The van der Waals surface area contributed by atoms with E-state index in [1.165, 1.54) is 16.2 Å². The standard InChI is InChI=1S/C23H36INO4/c1-16(13-14-23(5,6)17-9-8-10-18(24)15-17)11-12-19(20(26)28-7)25-21(27)29-22(2,3)4/h8-10,15-16,19H,11-14H2,1-7H3,(H,25,27). The van der Waals surface area contributed by atoms with Crippen LogP contribution in [0.3, 0.4) is 0 Å². The van der Waals surface area contributed by atoms with E-state index >= 15 is 0 Å². The molecular formula is C23H36INO4. The second-order valence-corrected chi connectivity index (χ2v) is 10.6. The van der Waals surface area contributed by atoms with Crippen molar-refractivity contribution in [2.24, 2.45) is 5.92 Å². The van der Waals surface area contributed by atoms with Crippen molar-refractivity contribution >= 4 is 34.7 Å². The van der Waals surface area contributed by atoms with Crippen molar-refractivity contribution in [1.29, 1.82) is 0 Å². The molecule has 0 aliphatic heterocycles. The minimum atomic E-state index is -0.694. The van der Waals surface area contributed by atoms with E-state index in [1.807, 2.05) is 0 Å². The predicted octanol–water partition coefficient (Wildman–Crippen LogP) is 5.83. The van der Waals surface area contributed by atoms with Crippen molar-refractivity contribution in [3.8, 4) is 0 Å². The summed E-state index contributed by atoms with van der Waals surface area (Å²) in [5, 5.41) is 2.65. The van der Waals surface area contributed by atoms with E-state index in [9.17, 15) is 9.59 Å². The second-order valence-electron chi connectivity index (χ2n) is 9.34. The molecule has 0 aliphatic carbocycles. The lowest BCUT2D eigenvalue weighted by Crippen LogP contribution is -2.44. The number of carbonyl (C=O) groups excluding carboxylic acids is 2. The number of amides is 1. The molecule has 0 heterocycles. The number of nitrogens with one attached hydrogen (secondary N) is 1. The normalized spacial score (nSPS) is 14.1. The Bertz CT molecular complexity index is 682. The maximum absolute atomic E-state index is 12.1. The van der Waals surface area contributed by atoms with Crippen molar-refractivity contribution in [2.45, 2.75) is 84.3 Å². The van der Waals surface area contributed by atoms with Gasteiger partial charge in [0, 0.05) is 3.57 Å².